The Morgan fingerprint density at radius 3 is 2.57 bits per heavy atom. The molecule has 2 rings (SSSR count). The van der Waals surface area contributed by atoms with Crippen LogP contribution in [-0.4, -0.2) is 30.1 Å². The Morgan fingerprint density at radius 1 is 1.35 bits per heavy atom. The number of likely N-dealkylation sites (tertiary alicyclic amines) is 1. The maximum Gasteiger partial charge on any atom is 0.226 e. The Balaban J connectivity index is 2.06. The number of hydrogen-bond acceptors (Lipinski definition) is 3. The molecule has 1 aliphatic heterocycles. The fourth-order valence-electron chi connectivity index (χ4n) is 3.24. The summed E-state index contributed by atoms with van der Waals surface area (Å²) in [6.07, 6.45) is 3.46. The summed E-state index contributed by atoms with van der Waals surface area (Å²) in [4.78, 5) is 14.3. The normalized spacial score (nSPS) is 18.2. The second kappa shape index (κ2) is 7.93. The number of aryl methyl sites for hydroxylation is 1. The minimum Gasteiger partial charge on any atom is -0.326 e. The smallest absolute Gasteiger partial charge is 0.226 e. The molecule has 1 unspecified atom stereocenters. The van der Waals surface area contributed by atoms with Crippen LogP contribution in [0.4, 0.5) is 5.69 Å². The first kappa shape index (κ1) is 18.0. The van der Waals surface area contributed by atoms with Gasteiger partial charge in [0.15, 0.2) is 0 Å². The zero-order valence-corrected chi connectivity index (χ0v) is 14.9. The van der Waals surface area contributed by atoms with Crippen LogP contribution in [0.2, 0.25) is 0 Å². The molecule has 1 heterocycles. The van der Waals surface area contributed by atoms with Crippen molar-refractivity contribution >= 4 is 11.6 Å². The number of nitrogens with zero attached hydrogens (tertiary/aromatic N) is 1. The lowest BCUT2D eigenvalue weighted by molar-refractivity contribution is -0.118. The third-order valence-corrected chi connectivity index (χ3v) is 4.93. The molecule has 128 valence electrons. The lowest BCUT2D eigenvalue weighted by Gasteiger charge is -2.36. The molecule has 0 spiro atoms. The number of amides is 1. The van der Waals surface area contributed by atoms with Crippen LogP contribution in [-0.2, 0) is 4.79 Å². The van der Waals surface area contributed by atoms with E-state index in [-0.39, 0.29) is 18.0 Å². The van der Waals surface area contributed by atoms with Gasteiger partial charge in [0.05, 0.1) is 6.17 Å². The molecule has 1 aromatic carbocycles. The number of hydrogen-bond donors (Lipinski definition) is 2. The van der Waals surface area contributed by atoms with E-state index in [9.17, 15) is 4.79 Å². The zero-order chi connectivity index (χ0) is 17.0. The second-order valence-corrected chi connectivity index (χ2v) is 7.00. The van der Waals surface area contributed by atoms with Gasteiger partial charge < -0.3 is 11.1 Å². The van der Waals surface area contributed by atoms with Crippen molar-refractivity contribution in [3.05, 3.63) is 29.3 Å². The Labute approximate surface area is 140 Å². The summed E-state index contributed by atoms with van der Waals surface area (Å²) >= 11 is 0. The van der Waals surface area contributed by atoms with E-state index in [2.05, 4.69) is 36.2 Å². The minimum atomic E-state index is -0.00137. The van der Waals surface area contributed by atoms with Gasteiger partial charge in [0.25, 0.3) is 0 Å². The van der Waals surface area contributed by atoms with Gasteiger partial charge in [-0.05, 0) is 55.4 Å². The highest BCUT2D eigenvalue weighted by molar-refractivity contribution is 5.92. The van der Waals surface area contributed by atoms with E-state index in [0.717, 1.165) is 38.0 Å². The molecule has 0 aromatic heterocycles. The Kier molecular flexibility index (Phi) is 6.19. The molecule has 1 fully saturated rings. The van der Waals surface area contributed by atoms with Crippen LogP contribution >= 0.6 is 0 Å². The van der Waals surface area contributed by atoms with Crippen LogP contribution < -0.4 is 11.1 Å². The van der Waals surface area contributed by atoms with Crippen LogP contribution in [0.3, 0.4) is 0 Å². The molecule has 4 heteroatoms. The maximum atomic E-state index is 11.9. The summed E-state index contributed by atoms with van der Waals surface area (Å²) in [6.45, 7) is 10.2. The predicted molar refractivity (Wildman–Crippen MR) is 96.5 cm³/mol. The average molecular weight is 317 g/mol. The number of benzene rings is 1. The molecular weight excluding hydrogens is 286 g/mol. The van der Waals surface area contributed by atoms with E-state index in [4.69, 9.17) is 5.73 Å². The van der Waals surface area contributed by atoms with Crippen molar-refractivity contribution in [3.63, 3.8) is 0 Å². The van der Waals surface area contributed by atoms with Gasteiger partial charge in [-0.15, -0.1) is 0 Å². The standard InChI is InChI=1S/C19H31N3O/c1-5-18(20)22-10-8-15(9-11-22)17-12-16(7-6-14(17)4)21-19(23)13(2)3/h6-7,12-13,15,18H,5,8-11,20H2,1-4H3,(H,21,23). The molecule has 4 nitrogen and oxygen atoms in total. The summed E-state index contributed by atoms with van der Waals surface area (Å²) in [5, 5.41) is 3.01. The molecule has 1 aromatic rings. The summed E-state index contributed by atoms with van der Waals surface area (Å²) in [5.74, 6) is 0.633. The first-order chi connectivity index (χ1) is 10.9. The Morgan fingerprint density at radius 2 is 2.00 bits per heavy atom. The SMILES string of the molecule is CCC(N)N1CCC(c2cc(NC(=O)C(C)C)ccc2C)CC1. The zero-order valence-electron chi connectivity index (χ0n) is 14.9. The molecular formula is C19H31N3O. The highest BCUT2D eigenvalue weighted by Gasteiger charge is 2.24. The van der Waals surface area contributed by atoms with Gasteiger partial charge in [0.2, 0.25) is 5.91 Å². The number of carbonyl (C=O) groups is 1. The van der Waals surface area contributed by atoms with Crippen molar-refractivity contribution in [2.24, 2.45) is 11.7 Å². The predicted octanol–water partition coefficient (Wildman–Crippen LogP) is 3.46. The van der Waals surface area contributed by atoms with Gasteiger partial charge >= 0.3 is 0 Å². The van der Waals surface area contributed by atoms with Gasteiger partial charge in [-0.1, -0.05) is 26.8 Å². The van der Waals surface area contributed by atoms with E-state index < -0.39 is 0 Å². The summed E-state index contributed by atoms with van der Waals surface area (Å²) in [5.41, 5.74) is 9.74. The molecule has 0 saturated carbocycles. The molecule has 0 aliphatic carbocycles. The van der Waals surface area contributed by atoms with Crippen molar-refractivity contribution in [2.45, 2.75) is 59.0 Å². The summed E-state index contributed by atoms with van der Waals surface area (Å²) < 4.78 is 0. The molecule has 3 N–H and O–H groups in total. The lowest BCUT2D eigenvalue weighted by atomic mass is 9.86. The topological polar surface area (TPSA) is 58.4 Å². The van der Waals surface area contributed by atoms with Gasteiger partial charge in [0, 0.05) is 24.7 Å². The van der Waals surface area contributed by atoms with Crippen LogP contribution in [0.15, 0.2) is 18.2 Å². The van der Waals surface area contributed by atoms with Gasteiger partial charge in [0.1, 0.15) is 0 Å². The minimum absolute atomic E-state index is 0.00137. The average Bonchev–Trinajstić information content (AvgIpc) is 2.56. The van der Waals surface area contributed by atoms with Crippen molar-refractivity contribution in [2.75, 3.05) is 18.4 Å². The van der Waals surface area contributed by atoms with Crippen LogP contribution in [0.1, 0.15) is 57.1 Å². The summed E-state index contributed by atoms with van der Waals surface area (Å²) in [6, 6.07) is 6.28. The number of carbonyl (C=O) groups excluding carboxylic acids is 1. The van der Waals surface area contributed by atoms with E-state index in [1.807, 2.05) is 19.9 Å². The number of rotatable bonds is 5. The third kappa shape index (κ3) is 4.55. The van der Waals surface area contributed by atoms with Crippen LogP contribution in [0, 0.1) is 12.8 Å². The number of piperidine rings is 1. The third-order valence-electron chi connectivity index (χ3n) is 4.93. The fourth-order valence-corrected chi connectivity index (χ4v) is 3.24. The van der Waals surface area contributed by atoms with E-state index in [1.54, 1.807) is 0 Å². The number of anilines is 1. The lowest BCUT2D eigenvalue weighted by Crippen LogP contribution is -2.45. The van der Waals surface area contributed by atoms with E-state index >= 15 is 0 Å². The van der Waals surface area contributed by atoms with Gasteiger partial charge in [-0.2, -0.15) is 0 Å². The molecule has 0 radical (unpaired) electrons. The van der Waals surface area contributed by atoms with Crippen LogP contribution in [0.25, 0.3) is 0 Å². The highest BCUT2D eigenvalue weighted by atomic mass is 16.1. The molecule has 23 heavy (non-hydrogen) atoms. The van der Waals surface area contributed by atoms with Gasteiger partial charge in [-0.25, -0.2) is 0 Å². The Bertz CT molecular complexity index is 533. The van der Waals surface area contributed by atoms with Gasteiger partial charge in [-0.3, -0.25) is 9.69 Å². The number of nitrogens with two attached hydrogens (primary N) is 1. The Hall–Kier alpha value is -1.39. The first-order valence-electron chi connectivity index (χ1n) is 8.83. The molecule has 1 saturated heterocycles. The first-order valence-corrected chi connectivity index (χ1v) is 8.83. The quantitative estimate of drug-likeness (QED) is 0.874. The van der Waals surface area contributed by atoms with E-state index in [0.29, 0.717) is 5.92 Å². The van der Waals surface area contributed by atoms with E-state index in [1.165, 1.54) is 11.1 Å². The van der Waals surface area contributed by atoms with Crippen molar-refractivity contribution in [3.8, 4) is 0 Å². The monoisotopic (exact) mass is 317 g/mol. The molecule has 0 bridgehead atoms. The maximum absolute atomic E-state index is 11.9. The summed E-state index contributed by atoms with van der Waals surface area (Å²) in [7, 11) is 0. The number of nitrogens with one attached hydrogen (secondary N) is 1. The van der Waals surface area contributed by atoms with Crippen molar-refractivity contribution in [1.29, 1.82) is 0 Å². The van der Waals surface area contributed by atoms with Crippen molar-refractivity contribution < 1.29 is 4.79 Å². The molecule has 1 aliphatic rings. The largest absolute Gasteiger partial charge is 0.326 e. The van der Waals surface area contributed by atoms with Crippen LogP contribution in [0.5, 0.6) is 0 Å². The highest BCUT2D eigenvalue weighted by Crippen LogP contribution is 2.32. The molecule has 1 amide bonds. The van der Waals surface area contributed by atoms with Crippen molar-refractivity contribution in [1.82, 2.24) is 4.90 Å². The second-order valence-electron chi connectivity index (χ2n) is 7.00. The molecule has 1 atom stereocenters. The fraction of sp³-hybridized carbons (Fsp3) is 0.632.